The van der Waals surface area contributed by atoms with Crippen LogP contribution in [0.15, 0.2) is 30.3 Å². The van der Waals surface area contributed by atoms with Gasteiger partial charge in [0.15, 0.2) is 17.6 Å². The number of carbonyl (C=O) groups is 3. The van der Waals surface area contributed by atoms with E-state index in [4.69, 9.17) is 0 Å². The Kier molecular flexibility index (Phi) is 2.33. The third kappa shape index (κ3) is 1.79. The fourth-order valence-electron chi connectivity index (χ4n) is 1.53. The lowest BCUT2D eigenvalue weighted by molar-refractivity contribution is -0.122. The highest BCUT2D eigenvalue weighted by Crippen LogP contribution is 2.10. The fourth-order valence-corrected chi connectivity index (χ4v) is 1.53. The maximum absolute atomic E-state index is 11.8. The van der Waals surface area contributed by atoms with Gasteiger partial charge in [-0.15, -0.1) is 0 Å². The number of amides is 1. The maximum atomic E-state index is 11.8. The minimum Gasteiger partial charge on any atom is -0.339 e. The molecule has 0 radical (unpaired) electrons. The molecule has 0 unspecified atom stereocenters. The van der Waals surface area contributed by atoms with Crippen LogP contribution in [-0.4, -0.2) is 23.5 Å². The van der Waals surface area contributed by atoms with Gasteiger partial charge in [0, 0.05) is 5.56 Å². The second-order valence-electron chi connectivity index (χ2n) is 3.37. The smallest absolute Gasteiger partial charge is 0.228 e. The molecule has 1 aliphatic heterocycles. The second-order valence-corrected chi connectivity index (χ2v) is 3.37. The van der Waals surface area contributed by atoms with Gasteiger partial charge in [0.25, 0.3) is 0 Å². The molecule has 0 spiro atoms. The Labute approximate surface area is 86.3 Å². The first-order valence-corrected chi connectivity index (χ1v) is 4.60. The normalized spacial score (nSPS) is 20.1. The summed E-state index contributed by atoms with van der Waals surface area (Å²) in [6, 6.07) is 7.48. The van der Waals surface area contributed by atoms with Crippen LogP contribution in [0.4, 0.5) is 0 Å². The molecule has 1 N–H and O–H groups in total. The Morgan fingerprint density at radius 2 is 1.87 bits per heavy atom. The quantitative estimate of drug-likeness (QED) is 0.556. The zero-order valence-electron chi connectivity index (χ0n) is 7.90. The van der Waals surface area contributed by atoms with Crippen molar-refractivity contribution in [3.63, 3.8) is 0 Å². The van der Waals surface area contributed by atoms with Gasteiger partial charge in [0.1, 0.15) is 0 Å². The Morgan fingerprint density at radius 3 is 2.40 bits per heavy atom. The monoisotopic (exact) mass is 203 g/mol. The minimum atomic E-state index is -0.986. The van der Waals surface area contributed by atoms with Gasteiger partial charge in [-0.05, 0) is 0 Å². The van der Waals surface area contributed by atoms with Gasteiger partial charge in [-0.3, -0.25) is 14.4 Å². The molecule has 1 heterocycles. The zero-order chi connectivity index (χ0) is 10.8. The summed E-state index contributed by atoms with van der Waals surface area (Å²) in [5.41, 5.74) is 0.443. The maximum Gasteiger partial charge on any atom is 0.228 e. The van der Waals surface area contributed by atoms with Crippen LogP contribution in [0.25, 0.3) is 0 Å². The number of carbonyl (C=O) groups excluding carboxylic acids is 3. The van der Waals surface area contributed by atoms with E-state index in [1.807, 2.05) is 0 Å². The topological polar surface area (TPSA) is 63.2 Å². The molecule has 2 rings (SSSR count). The SMILES string of the molecule is O=C1CC(=O)[C@H](C(=O)c2ccccc2)N1. The van der Waals surface area contributed by atoms with E-state index < -0.39 is 6.04 Å². The van der Waals surface area contributed by atoms with Crippen LogP contribution in [-0.2, 0) is 9.59 Å². The summed E-state index contributed by atoms with van der Waals surface area (Å²) in [6.45, 7) is 0. The van der Waals surface area contributed by atoms with E-state index in [9.17, 15) is 14.4 Å². The highest BCUT2D eigenvalue weighted by molar-refractivity contribution is 6.22. The number of hydrogen-bond acceptors (Lipinski definition) is 3. The highest BCUT2D eigenvalue weighted by atomic mass is 16.2. The average molecular weight is 203 g/mol. The van der Waals surface area contributed by atoms with Crippen LogP contribution in [0, 0.1) is 0 Å². The summed E-state index contributed by atoms with van der Waals surface area (Å²) in [4.78, 5) is 34.0. The van der Waals surface area contributed by atoms with Gasteiger partial charge in [-0.2, -0.15) is 0 Å². The molecular formula is C11H9NO3. The predicted molar refractivity (Wildman–Crippen MR) is 52.3 cm³/mol. The molecule has 76 valence electrons. The summed E-state index contributed by atoms with van der Waals surface area (Å²) >= 11 is 0. The molecule has 15 heavy (non-hydrogen) atoms. The third-order valence-electron chi connectivity index (χ3n) is 2.28. The first kappa shape index (κ1) is 9.58. The molecule has 1 aliphatic rings. The van der Waals surface area contributed by atoms with E-state index >= 15 is 0 Å². The van der Waals surface area contributed by atoms with Crippen molar-refractivity contribution >= 4 is 17.5 Å². The van der Waals surface area contributed by atoms with Gasteiger partial charge in [-0.25, -0.2) is 0 Å². The fraction of sp³-hybridized carbons (Fsp3) is 0.182. The molecule has 1 aromatic rings. The Bertz CT molecular complexity index is 425. The average Bonchev–Trinajstić information content (AvgIpc) is 2.58. The number of rotatable bonds is 2. The summed E-state index contributed by atoms with van der Waals surface area (Å²) < 4.78 is 0. The van der Waals surface area contributed by atoms with E-state index in [0.29, 0.717) is 5.56 Å². The van der Waals surface area contributed by atoms with E-state index in [1.165, 1.54) is 0 Å². The molecule has 1 aromatic carbocycles. The van der Waals surface area contributed by atoms with Crippen molar-refractivity contribution in [2.24, 2.45) is 0 Å². The van der Waals surface area contributed by atoms with Crippen LogP contribution in [0.2, 0.25) is 0 Å². The van der Waals surface area contributed by atoms with Crippen molar-refractivity contribution in [2.45, 2.75) is 12.5 Å². The minimum absolute atomic E-state index is 0.191. The molecule has 0 bridgehead atoms. The van der Waals surface area contributed by atoms with E-state index in [0.717, 1.165) is 0 Å². The van der Waals surface area contributed by atoms with Crippen LogP contribution >= 0.6 is 0 Å². The standard InChI is InChI=1S/C11H9NO3/c13-8-6-9(14)12-10(8)11(15)7-4-2-1-3-5-7/h1-5,10H,6H2,(H,12,14)/t10-/m1/s1. The molecule has 1 saturated heterocycles. The van der Waals surface area contributed by atoms with Crippen LogP contribution < -0.4 is 5.32 Å². The summed E-state index contributed by atoms with van der Waals surface area (Å²) in [7, 11) is 0. The molecule has 0 aliphatic carbocycles. The lowest BCUT2D eigenvalue weighted by Gasteiger charge is -2.06. The molecule has 1 amide bonds. The Balaban J connectivity index is 2.23. The van der Waals surface area contributed by atoms with Crippen molar-refractivity contribution < 1.29 is 14.4 Å². The number of nitrogens with one attached hydrogen (secondary N) is 1. The van der Waals surface area contributed by atoms with Crippen molar-refractivity contribution in [3.05, 3.63) is 35.9 Å². The second kappa shape index (κ2) is 3.65. The van der Waals surface area contributed by atoms with Crippen molar-refractivity contribution in [3.8, 4) is 0 Å². The van der Waals surface area contributed by atoms with Crippen molar-refractivity contribution in [2.75, 3.05) is 0 Å². The largest absolute Gasteiger partial charge is 0.339 e. The third-order valence-corrected chi connectivity index (χ3v) is 2.28. The first-order chi connectivity index (χ1) is 7.18. The van der Waals surface area contributed by atoms with Gasteiger partial charge in [0.05, 0.1) is 6.42 Å². The Hall–Kier alpha value is -1.97. The van der Waals surface area contributed by atoms with Crippen LogP contribution in [0.3, 0.4) is 0 Å². The number of Topliss-reactive ketones (excluding diaryl/α,β-unsaturated/α-hetero) is 2. The zero-order valence-corrected chi connectivity index (χ0v) is 7.90. The first-order valence-electron chi connectivity index (χ1n) is 4.60. The number of ketones is 2. The molecule has 4 nitrogen and oxygen atoms in total. The molecular weight excluding hydrogens is 194 g/mol. The van der Waals surface area contributed by atoms with Crippen LogP contribution in [0.5, 0.6) is 0 Å². The highest BCUT2D eigenvalue weighted by Gasteiger charge is 2.35. The summed E-state index contributed by atoms with van der Waals surface area (Å²) in [5, 5.41) is 2.36. The van der Waals surface area contributed by atoms with E-state index in [2.05, 4.69) is 5.32 Å². The molecule has 0 saturated carbocycles. The van der Waals surface area contributed by atoms with E-state index in [-0.39, 0.29) is 23.9 Å². The van der Waals surface area contributed by atoms with Gasteiger partial charge >= 0.3 is 0 Å². The van der Waals surface area contributed by atoms with Crippen LogP contribution in [0.1, 0.15) is 16.8 Å². The Morgan fingerprint density at radius 1 is 1.20 bits per heavy atom. The van der Waals surface area contributed by atoms with Crippen molar-refractivity contribution in [1.29, 1.82) is 0 Å². The van der Waals surface area contributed by atoms with Gasteiger partial charge < -0.3 is 5.32 Å². The van der Waals surface area contributed by atoms with E-state index in [1.54, 1.807) is 30.3 Å². The van der Waals surface area contributed by atoms with Gasteiger partial charge in [0.2, 0.25) is 5.91 Å². The number of hydrogen-bond donors (Lipinski definition) is 1. The molecule has 1 atom stereocenters. The van der Waals surface area contributed by atoms with Gasteiger partial charge in [-0.1, -0.05) is 30.3 Å². The predicted octanol–water partition coefficient (Wildman–Crippen LogP) is 0.327. The molecule has 0 aromatic heterocycles. The van der Waals surface area contributed by atoms with Crippen molar-refractivity contribution in [1.82, 2.24) is 5.32 Å². The summed E-state index contributed by atoms with van der Waals surface area (Å²) in [5.74, 6) is -1.07. The number of benzene rings is 1. The molecule has 1 fully saturated rings. The lowest BCUT2D eigenvalue weighted by atomic mass is 10.0. The lowest BCUT2D eigenvalue weighted by Crippen LogP contribution is -2.37. The summed E-state index contributed by atoms with van der Waals surface area (Å²) in [6.07, 6.45) is -0.191. The molecule has 4 heteroatoms.